The molecule has 1 aromatic heterocycles. The fourth-order valence-corrected chi connectivity index (χ4v) is 1.84. The third-order valence-corrected chi connectivity index (χ3v) is 3.41. The second kappa shape index (κ2) is 4.75. The molecule has 0 atom stereocenters. The molecule has 88 valence electrons. The van der Waals surface area contributed by atoms with E-state index in [2.05, 4.69) is 20.9 Å². The molecule has 1 aromatic carbocycles. The number of hydrogen-bond donors (Lipinski definition) is 1. The van der Waals surface area contributed by atoms with Gasteiger partial charge in [0.2, 0.25) is 5.88 Å². The Bertz CT molecular complexity index is 555. The van der Waals surface area contributed by atoms with Crippen LogP contribution in [0.2, 0.25) is 0 Å². The molecule has 0 saturated carbocycles. The van der Waals surface area contributed by atoms with Crippen LogP contribution >= 0.6 is 15.9 Å². The van der Waals surface area contributed by atoms with Gasteiger partial charge in [0.05, 0.1) is 16.4 Å². The van der Waals surface area contributed by atoms with Crippen molar-refractivity contribution in [3.05, 3.63) is 46.1 Å². The average Bonchev–Trinajstić information content (AvgIpc) is 2.30. The van der Waals surface area contributed by atoms with E-state index in [1.54, 1.807) is 6.20 Å². The number of nitrogens with two attached hydrogens (primary N) is 1. The van der Waals surface area contributed by atoms with Gasteiger partial charge in [-0.05, 0) is 53.0 Å². The molecule has 3 nitrogen and oxygen atoms in total. The van der Waals surface area contributed by atoms with Crippen molar-refractivity contribution in [3.8, 4) is 11.6 Å². The van der Waals surface area contributed by atoms with Crippen LogP contribution in [0.5, 0.6) is 11.6 Å². The zero-order valence-corrected chi connectivity index (χ0v) is 11.3. The number of aromatic nitrogens is 1. The quantitative estimate of drug-likeness (QED) is 0.915. The Balaban J connectivity index is 2.34. The van der Waals surface area contributed by atoms with Gasteiger partial charge in [-0.25, -0.2) is 4.98 Å². The molecule has 2 aromatic rings. The molecule has 0 unspecified atom stereocenters. The summed E-state index contributed by atoms with van der Waals surface area (Å²) in [4.78, 5) is 4.17. The van der Waals surface area contributed by atoms with Crippen LogP contribution in [-0.2, 0) is 0 Å². The molecule has 0 fully saturated rings. The van der Waals surface area contributed by atoms with Gasteiger partial charge in [0, 0.05) is 0 Å². The van der Waals surface area contributed by atoms with Crippen LogP contribution in [0, 0.1) is 13.8 Å². The van der Waals surface area contributed by atoms with E-state index in [0.29, 0.717) is 11.6 Å². The lowest BCUT2D eigenvalue weighted by molar-refractivity contribution is 0.459. The number of benzene rings is 1. The highest BCUT2D eigenvalue weighted by Gasteiger charge is 2.09. The Labute approximate surface area is 109 Å². The predicted octanol–water partition coefficient (Wildman–Crippen LogP) is 3.84. The van der Waals surface area contributed by atoms with Crippen molar-refractivity contribution in [1.29, 1.82) is 0 Å². The van der Waals surface area contributed by atoms with E-state index in [1.165, 1.54) is 0 Å². The van der Waals surface area contributed by atoms with Crippen molar-refractivity contribution >= 4 is 21.6 Å². The van der Waals surface area contributed by atoms with Gasteiger partial charge in [-0.3, -0.25) is 0 Å². The standard InChI is InChI=1S/C13H13BrN2O/c1-8-4-3-5-10(6-8)17-13-12(14)9(2)11(15)7-16-13/h3-7H,15H2,1-2H3. The molecule has 2 N–H and O–H groups in total. The van der Waals surface area contributed by atoms with Crippen molar-refractivity contribution < 1.29 is 4.74 Å². The Hall–Kier alpha value is -1.55. The predicted molar refractivity (Wildman–Crippen MR) is 72.3 cm³/mol. The summed E-state index contributed by atoms with van der Waals surface area (Å²) in [6.45, 7) is 3.94. The molecule has 0 bridgehead atoms. The number of ether oxygens (including phenoxy) is 1. The Morgan fingerprint density at radius 2 is 2.06 bits per heavy atom. The first-order valence-corrected chi connectivity index (χ1v) is 6.02. The summed E-state index contributed by atoms with van der Waals surface area (Å²) in [5, 5.41) is 0. The van der Waals surface area contributed by atoms with Crippen LogP contribution < -0.4 is 10.5 Å². The summed E-state index contributed by atoms with van der Waals surface area (Å²) >= 11 is 3.44. The molecule has 4 heteroatoms. The minimum Gasteiger partial charge on any atom is -0.438 e. The van der Waals surface area contributed by atoms with Crippen molar-refractivity contribution in [2.24, 2.45) is 0 Å². The first-order valence-electron chi connectivity index (χ1n) is 5.23. The van der Waals surface area contributed by atoms with Crippen LogP contribution in [-0.4, -0.2) is 4.98 Å². The van der Waals surface area contributed by atoms with Crippen LogP contribution in [0.4, 0.5) is 5.69 Å². The molecule has 17 heavy (non-hydrogen) atoms. The maximum absolute atomic E-state index is 5.76. The lowest BCUT2D eigenvalue weighted by atomic mass is 10.2. The van der Waals surface area contributed by atoms with E-state index in [-0.39, 0.29) is 0 Å². The van der Waals surface area contributed by atoms with Gasteiger partial charge >= 0.3 is 0 Å². The van der Waals surface area contributed by atoms with Crippen LogP contribution in [0.1, 0.15) is 11.1 Å². The Kier molecular flexibility index (Phi) is 3.33. The lowest BCUT2D eigenvalue weighted by Gasteiger charge is -2.10. The normalized spacial score (nSPS) is 10.3. The minimum atomic E-state index is 0.530. The summed E-state index contributed by atoms with van der Waals surface area (Å²) in [5.41, 5.74) is 8.48. The second-order valence-electron chi connectivity index (χ2n) is 3.88. The van der Waals surface area contributed by atoms with E-state index in [4.69, 9.17) is 10.5 Å². The fraction of sp³-hybridized carbons (Fsp3) is 0.154. The second-order valence-corrected chi connectivity index (χ2v) is 4.67. The number of anilines is 1. The third kappa shape index (κ3) is 2.58. The molecule has 0 amide bonds. The van der Waals surface area contributed by atoms with Gasteiger partial charge in [-0.15, -0.1) is 0 Å². The lowest BCUT2D eigenvalue weighted by Crippen LogP contribution is -1.96. The zero-order chi connectivity index (χ0) is 12.4. The molecule has 2 rings (SSSR count). The molecule has 0 spiro atoms. The summed E-state index contributed by atoms with van der Waals surface area (Å²) in [6, 6.07) is 7.82. The average molecular weight is 293 g/mol. The largest absolute Gasteiger partial charge is 0.438 e. The van der Waals surface area contributed by atoms with Crippen molar-refractivity contribution in [2.45, 2.75) is 13.8 Å². The van der Waals surface area contributed by atoms with E-state index >= 15 is 0 Å². The molecule has 0 radical (unpaired) electrons. The highest BCUT2D eigenvalue weighted by Crippen LogP contribution is 2.32. The van der Waals surface area contributed by atoms with Gasteiger partial charge in [-0.2, -0.15) is 0 Å². The smallest absolute Gasteiger partial charge is 0.233 e. The van der Waals surface area contributed by atoms with Crippen molar-refractivity contribution in [3.63, 3.8) is 0 Å². The highest BCUT2D eigenvalue weighted by molar-refractivity contribution is 9.10. The number of hydrogen-bond acceptors (Lipinski definition) is 3. The van der Waals surface area contributed by atoms with Crippen molar-refractivity contribution in [1.82, 2.24) is 4.98 Å². The minimum absolute atomic E-state index is 0.530. The van der Waals surface area contributed by atoms with Crippen LogP contribution in [0.15, 0.2) is 34.9 Å². The maximum Gasteiger partial charge on any atom is 0.233 e. The number of nitrogens with zero attached hydrogens (tertiary/aromatic N) is 1. The van der Waals surface area contributed by atoms with Crippen LogP contribution in [0.3, 0.4) is 0 Å². The fourth-order valence-electron chi connectivity index (χ4n) is 1.43. The summed E-state index contributed by atoms with van der Waals surface area (Å²) in [6.07, 6.45) is 1.60. The molecular formula is C13H13BrN2O. The number of pyridine rings is 1. The SMILES string of the molecule is Cc1cccc(Oc2ncc(N)c(C)c2Br)c1. The number of nitrogen functional groups attached to an aromatic ring is 1. The van der Waals surface area contributed by atoms with Gasteiger partial charge in [0.15, 0.2) is 0 Å². The Morgan fingerprint density at radius 1 is 1.29 bits per heavy atom. The zero-order valence-electron chi connectivity index (χ0n) is 9.70. The van der Waals surface area contributed by atoms with E-state index < -0.39 is 0 Å². The monoisotopic (exact) mass is 292 g/mol. The molecule has 0 aliphatic rings. The van der Waals surface area contributed by atoms with Gasteiger partial charge < -0.3 is 10.5 Å². The van der Waals surface area contributed by atoms with E-state index in [1.807, 2.05) is 38.1 Å². The maximum atomic E-state index is 5.76. The molecule has 0 aliphatic heterocycles. The van der Waals surface area contributed by atoms with Crippen LogP contribution in [0.25, 0.3) is 0 Å². The summed E-state index contributed by atoms with van der Waals surface area (Å²) < 4.78 is 6.50. The molecular weight excluding hydrogens is 280 g/mol. The van der Waals surface area contributed by atoms with Gasteiger partial charge in [-0.1, -0.05) is 12.1 Å². The van der Waals surface area contributed by atoms with Crippen molar-refractivity contribution in [2.75, 3.05) is 5.73 Å². The number of halogens is 1. The first-order chi connectivity index (χ1) is 8.08. The van der Waals surface area contributed by atoms with Gasteiger partial charge in [0.25, 0.3) is 0 Å². The first kappa shape index (κ1) is 11.9. The van der Waals surface area contributed by atoms with Gasteiger partial charge in [0.1, 0.15) is 5.75 Å². The number of aryl methyl sites for hydroxylation is 1. The molecule has 0 aliphatic carbocycles. The number of rotatable bonds is 2. The third-order valence-electron chi connectivity index (χ3n) is 2.47. The Morgan fingerprint density at radius 3 is 2.76 bits per heavy atom. The molecule has 1 heterocycles. The highest BCUT2D eigenvalue weighted by atomic mass is 79.9. The topological polar surface area (TPSA) is 48.1 Å². The van der Waals surface area contributed by atoms with E-state index in [0.717, 1.165) is 21.3 Å². The molecule has 0 saturated heterocycles. The van der Waals surface area contributed by atoms with E-state index in [9.17, 15) is 0 Å². The summed E-state index contributed by atoms with van der Waals surface area (Å²) in [5.74, 6) is 1.30. The summed E-state index contributed by atoms with van der Waals surface area (Å²) in [7, 11) is 0.